The SMILES string of the molecule is CCCCCCCCCc1cnc(-c2ccccc2)nc1.CCCO. The Balaban J connectivity index is 0.000000705. The van der Waals surface area contributed by atoms with Crippen molar-refractivity contribution in [1.29, 1.82) is 0 Å². The van der Waals surface area contributed by atoms with Gasteiger partial charge in [-0.05, 0) is 24.8 Å². The predicted octanol–water partition coefficient (Wildman–Crippen LogP) is 5.83. The predicted molar refractivity (Wildman–Crippen MR) is 107 cm³/mol. The lowest BCUT2D eigenvalue weighted by Gasteiger charge is -2.03. The zero-order chi connectivity index (χ0) is 18.2. The molecule has 0 amide bonds. The molecule has 1 aromatic heterocycles. The number of hydrogen-bond acceptors (Lipinski definition) is 3. The molecule has 0 spiro atoms. The van der Waals surface area contributed by atoms with E-state index in [0.29, 0.717) is 6.61 Å². The number of aliphatic hydroxyl groups is 1. The average molecular weight is 343 g/mol. The van der Waals surface area contributed by atoms with Crippen LogP contribution in [0.25, 0.3) is 11.4 Å². The van der Waals surface area contributed by atoms with Crippen molar-refractivity contribution in [2.45, 2.75) is 71.6 Å². The molecule has 0 bridgehead atoms. The number of aliphatic hydroxyl groups excluding tert-OH is 1. The van der Waals surface area contributed by atoms with E-state index < -0.39 is 0 Å². The standard InChI is InChI=1S/C19H26N2.C3H8O/c1-2-3-4-5-6-7-9-12-17-15-20-19(21-16-17)18-13-10-8-11-14-18;1-2-3-4/h8,10-11,13-16H,2-7,9,12H2,1H3;4H,2-3H2,1H3. The molecule has 1 aromatic carbocycles. The van der Waals surface area contributed by atoms with Crippen LogP contribution in [0, 0.1) is 0 Å². The number of unbranched alkanes of at least 4 members (excludes halogenated alkanes) is 6. The van der Waals surface area contributed by atoms with E-state index in [2.05, 4.69) is 16.9 Å². The molecule has 1 N–H and O–H groups in total. The normalized spacial score (nSPS) is 10.2. The molecular weight excluding hydrogens is 308 g/mol. The van der Waals surface area contributed by atoms with Gasteiger partial charge >= 0.3 is 0 Å². The number of aryl methyl sites for hydroxylation is 1. The van der Waals surface area contributed by atoms with Crippen LogP contribution in [0.3, 0.4) is 0 Å². The molecule has 3 nitrogen and oxygen atoms in total. The van der Waals surface area contributed by atoms with Gasteiger partial charge in [0.05, 0.1) is 0 Å². The molecule has 0 fully saturated rings. The van der Waals surface area contributed by atoms with Gasteiger partial charge in [0.1, 0.15) is 0 Å². The minimum absolute atomic E-state index is 0.319. The first-order chi connectivity index (χ1) is 12.3. The number of aromatic nitrogens is 2. The molecule has 0 atom stereocenters. The molecule has 1 heterocycles. The van der Waals surface area contributed by atoms with Crippen molar-refractivity contribution in [1.82, 2.24) is 9.97 Å². The van der Waals surface area contributed by atoms with Crippen LogP contribution in [0.4, 0.5) is 0 Å². The summed E-state index contributed by atoms with van der Waals surface area (Å²) in [5.41, 5.74) is 2.34. The highest BCUT2D eigenvalue weighted by Gasteiger charge is 2.00. The smallest absolute Gasteiger partial charge is 0.159 e. The fourth-order valence-corrected chi connectivity index (χ4v) is 2.51. The first-order valence-electron chi connectivity index (χ1n) is 9.79. The molecule has 2 rings (SSSR count). The summed E-state index contributed by atoms with van der Waals surface area (Å²) < 4.78 is 0. The Labute approximate surface area is 153 Å². The molecule has 0 aliphatic carbocycles. The van der Waals surface area contributed by atoms with E-state index in [-0.39, 0.29) is 0 Å². The second-order valence-corrected chi connectivity index (χ2v) is 6.38. The monoisotopic (exact) mass is 342 g/mol. The molecule has 0 saturated heterocycles. The van der Waals surface area contributed by atoms with Crippen molar-refractivity contribution in [2.24, 2.45) is 0 Å². The summed E-state index contributed by atoms with van der Waals surface area (Å²) in [5, 5.41) is 7.88. The zero-order valence-electron chi connectivity index (χ0n) is 16.0. The third kappa shape index (κ3) is 9.98. The van der Waals surface area contributed by atoms with Crippen LogP contribution in [0.5, 0.6) is 0 Å². The van der Waals surface area contributed by atoms with Crippen LogP contribution >= 0.6 is 0 Å². The Morgan fingerprint density at radius 3 is 1.88 bits per heavy atom. The molecular formula is C22H34N2O. The van der Waals surface area contributed by atoms with Gasteiger partial charge in [-0.25, -0.2) is 9.97 Å². The zero-order valence-corrected chi connectivity index (χ0v) is 16.0. The van der Waals surface area contributed by atoms with Crippen LogP contribution < -0.4 is 0 Å². The van der Waals surface area contributed by atoms with E-state index in [1.54, 1.807) is 0 Å². The molecule has 0 unspecified atom stereocenters. The Kier molecular flexibility index (Phi) is 12.4. The summed E-state index contributed by atoms with van der Waals surface area (Å²) in [4.78, 5) is 8.95. The second-order valence-electron chi connectivity index (χ2n) is 6.38. The molecule has 0 aliphatic rings. The van der Waals surface area contributed by atoms with Crippen LogP contribution in [-0.4, -0.2) is 21.7 Å². The maximum absolute atomic E-state index is 7.88. The van der Waals surface area contributed by atoms with E-state index in [9.17, 15) is 0 Å². The summed E-state index contributed by atoms with van der Waals surface area (Å²) in [6, 6.07) is 10.1. The first kappa shape index (κ1) is 21.3. The van der Waals surface area contributed by atoms with Gasteiger partial charge in [0, 0.05) is 24.6 Å². The number of rotatable bonds is 10. The Morgan fingerprint density at radius 1 is 0.760 bits per heavy atom. The van der Waals surface area contributed by atoms with E-state index in [1.807, 2.05) is 49.6 Å². The van der Waals surface area contributed by atoms with Gasteiger partial charge in [-0.15, -0.1) is 0 Å². The highest BCUT2D eigenvalue weighted by atomic mass is 16.2. The number of hydrogen-bond donors (Lipinski definition) is 1. The third-order valence-electron chi connectivity index (χ3n) is 4.03. The largest absolute Gasteiger partial charge is 0.396 e. The van der Waals surface area contributed by atoms with Crippen molar-refractivity contribution >= 4 is 0 Å². The lowest BCUT2D eigenvalue weighted by atomic mass is 10.1. The average Bonchev–Trinajstić information content (AvgIpc) is 2.68. The van der Waals surface area contributed by atoms with E-state index in [4.69, 9.17) is 5.11 Å². The van der Waals surface area contributed by atoms with Crippen LogP contribution in [0.15, 0.2) is 42.7 Å². The Hall–Kier alpha value is -1.74. The van der Waals surface area contributed by atoms with Crippen molar-refractivity contribution in [3.63, 3.8) is 0 Å². The molecule has 3 heteroatoms. The van der Waals surface area contributed by atoms with Crippen LogP contribution in [0.2, 0.25) is 0 Å². The summed E-state index contributed by atoms with van der Waals surface area (Å²) >= 11 is 0. The molecule has 138 valence electrons. The van der Waals surface area contributed by atoms with Gasteiger partial charge in [0.2, 0.25) is 0 Å². The van der Waals surface area contributed by atoms with Crippen LogP contribution in [0.1, 0.15) is 70.8 Å². The van der Waals surface area contributed by atoms with Gasteiger partial charge in [0.15, 0.2) is 5.82 Å². The highest BCUT2D eigenvalue weighted by molar-refractivity contribution is 5.53. The van der Waals surface area contributed by atoms with Gasteiger partial charge < -0.3 is 5.11 Å². The minimum Gasteiger partial charge on any atom is -0.396 e. The lowest BCUT2D eigenvalue weighted by molar-refractivity contribution is 0.295. The fraction of sp³-hybridized carbons (Fsp3) is 0.545. The fourth-order valence-electron chi connectivity index (χ4n) is 2.51. The minimum atomic E-state index is 0.319. The maximum atomic E-state index is 7.88. The molecule has 0 aliphatic heterocycles. The first-order valence-corrected chi connectivity index (χ1v) is 9.79. The van der Waals surface area contributed by atoms with E-state index >= 15 is 0 Å². The molecule has 25 heavy (non-hydrogen) atoms. The van der Waals surface area contributed by atoms with Gasteiger partial charge in [-0.1, -0.05) is 82.7 Å². The number of benzene rings is 1. The van der Waals surface area contributed by atoms with Crippen molar-refractivity contribution in [3.05, 3.63) is 48.3 Å². The third-order valence-corrected chi connectivity index (χ3v) is 4.03. The maximum Gasteiger partial charge on any atom is 0.159 e. The Morgan fingerprint density at radius 2 is 1.32 bits per heavy atom. The quantitative estimate of drug-likeness (QED) is 0.553. The van der Waals surface area contributed by atoms with Crippen molar-refractivity contribution in [3.8, 4) is 11.4 Å². The number of nitrogens with zero attached hydrogens (tertiary/aromatic N) is 2. The van der Waals surface area contributed by atoms with E-state index in [0.717, 1.165) is 24.2 Å². The highest BCUT2D eigenvalue weighted by Crippen LogP contribution is 2.14. The van der Waals surface area contributed by atoms with Crippen molar-refractivity contribution in [2.75, 3.05) is 6.61 Å². The van der Waals surface area contributed by atoms with E-state index in [1.165, 1.54) is 50.5 Å². The van der Waals surface area contributed by atoms with Gasteiger partial charge in [-0.2, -0.15) is 0 Å². The van der Waals surface area contributed by atoms with Crippen LogP contribution in [-0.2, 0) is 6.42 Å². The summed E-state index contributed by atoms with van der Waals surface area (Å²) in [6.45, 7) is 4.51. The van der Waals surface area contributed by atoms with Gasteiger partial charge in [0.25, 0.3) is 0 Å². The Bertz CT molecular complexity index is 523. The lowest BCUT2D eigenvalue weighted by Crippen LogP contribution is -1.93. The van der Waals surface area contributed by atoms with Gasteiger partial charge in [-0.3, -0.25) is 0 Å². The molecule has 0 saturated carbocycles. The topological polar surface area (TPSA) is 46.0 Å². The summed E-state index contributed by atoms with van der Waals surface area (Å²) in [6.07, 6.45) is 15.4. The second kappa shape index (κ2) is 14.6. The molecule has 2 aromatic rings. The molecule has 0 radical (unpaired) electrons. The van der Waals surface area contributed by atoms with Crippen molar-refractivity contribution < 1.29 is 5.11 Å². The summed E-state index contributed by atoms with van der Waals surface area (Å²) in [5.74, 6) is 0.818. The summed E-state index contributed by atoms with van der Waals surface area (Å²) in [7, 11) is 0.